The van der Waals surface area contributed by atoms with E-state index in [-0.39, 0.29) is 25.3 Å². The van der Waals surface area contributed by atoms with Gasteiger partial charge in [-0.15, -0.1) is 0 Å². The van der Waals surface area contributed by atoms with Gasteiger partial charge in [0.2, 0.25) is 11.8 Å². The average molecular weight is 603 g/mol. The van der Waals surface area contributed by atoms with Crippen LogP contribution in [0.15, 0.2) is 72.9 Å². The van der Waals surface area contributed by atoms with Crippen LogP contribution in [-0.4, -0.2) is 73.0 Å². The van der Waals surface area contributed by atoms with Gasteiger partial charge in [0.25, 0.3) is 0 Å². The molecular weight excluding hydrogens is 552 g/mol. The molecule has 0 aromatic rings. The van der Waals surface area contributed by atoms with E-state index in [4.69, 9.17) is 4.74 Å². The number of methoxy groups -OCH3 is 1. The summed E-state index contributed by atoms with van der Waals surface area (Å²) in [6, 6.07) is -1.01. The average Bonchev–Trinajstić information content (AvgIpc) is 3.01. The quantitative estimate of drug-likeness (QED) is 0.0562. The molecule has 0 rings (SSSR count). The van der Waals surface area contributed by atoms with Crippen molar-refractivity contribution < 1.29 is 38.9 Å². The van der Waals surface area contributed by atoms with E-state index < -0.39 is 43.2 Å². The van der Waals surface area contributed by atoms with Gasteiger partial charge in [-0.05, 0) is 57.8 Å². The Morgan fingerprint density at radius 1 is 0.767 bits per heavy atom. The number of aliphatic hydroxyl groups excluding tert-OH is 2. The minimum absolute atomic E-state index is 0.157. The molecule has 0 aliphatic carbocycles. The first-order valence-electron chi connectivity index (χ1n) is 14.9. The molecule has 0 heterocycles. The van der Waals surface area contributed by atoms with Crippen molar-refractivity contribution in [1.82, 2.24) is 10.6 Å². The standard InChI is InChI=1S/C33H50N2O8/c1-3-4-5-6-7-8-9-10-11-12-13-14-15-16-17-18-19-22-31(39)35-29(33(41)43-28(26-36)27-37)21-20-25-34-30(38)23-24-32(40)42-2/h4-5,7-8,10-11,13-14,16-17,23-24,28-29,36-37H,3,6,9,12,15,18-22,25-27H2,1-2H3,(H,34,38)(H,35,39)/b5-4-,8-7-,11-10-,14-13-,17-16-,24-23+/t29-/m0/s1. The molecule has 10 nitrogen and oxygen atoms in total. The Bertz CT molecular complexity index is 962. The summed E-state index contributed by atoms with van der Waals surface area (Å²) in [5.41, 5.74) is 0. The summed E-state index contributed by atoms with van der Waals surface area (Å²) >= 11 is 0. The summed E-state index contributed by atoms with van der Waals surface area (Å²) in [4.78, 5) is 47.8. The number of hydrogen-bond acceptors (Lipinski definition) is 8. The van der Waals surface area contributed by atoms with Crippen molar-refractivity contribution in [3.8, 4) is 0 Å². The fraction of sp³-hybridized carbons (Fsp3) is 0.515. The van der Waals surface area contributed by atoms with Crippen LogP contribution in [0, 0.1) is 0 Å². The molecule has 1 atom stereocenters. The lowest BCUT2D eigenvalue weighted by atomic mass is 10.1. The summed E-state index contributed by atoms with van der Waals surface area (Å²) in [5.74, 6) is -2.28. The van der Waals surface area contributed by atoms with Gasteiger partial charge in [-0.25, -0.2) is 9.59 Å². The first-order valence-corrected chi connectivity index (χ1v) is 14.9. The Balaban J connectivity index is 4.42. The van der Waals surface area contributed by atoms with Gasteiger partial charge in [0.05, 0.1) is 20.3 Å². The second-order valence-corrected chi connectivity index (χ2v) is 9.43. The van der Waals surface area contributed by atoms with E-state index in [1.165, 1.54) is 7.11 Å². The minimum Gasteiger partial charge on any atom is -0.466 e. The van der Waals surface area contributed by atoms with Crippen molar-refractivity contribution in [3.05, 3.63) is 72.9 Å². The van der Waals surface area contributed by atoms with E-state index in [1.54, 1.807) is 0 Å². The molecule has 43 heavy (non-hydrogen) atoms. The van der Waals surface area contributed by atoms with Gasteiger partial charge in [-0.2, -0.15) is 0 Å². The molecule has 0 radical (unpaired) electrons. The van der Waals surface area contributed by atoms with E-state index >= 15 is 0 Å². The largest absolute Gasteiger partial charge is 0.466 e. The fourth-order valence-electron chi connectivity index (χ4n) is 3.43. The molecule has 0 unspecified atom stereocenters. The molecule has 4 N–H and O–H groups in total. The number of allylic oxidation sites excluding steroid dienone is 10. The molecular formula is C33H50N2O8. The molecule has 0 spiro atoms. The fourth-order valence-corrected chi connectivity index (χ4v) is 3.43. The van der Waals surface area contributed by atoms with E-state index in [9.17, 15) is 29.4 Å². The maximum atomic E-state index is 12.5. The number of amides is 2. The summed E-state index contributed by atoms with van der Waals surface area (Å²) < 4.78 is 9.49. The van der Waals surface area contributed by atoms with Crippen LogP contribution in [0.2, 0.25) is 0 Å². The van der Waals surface area contributed by atoms with Crippen LogP contribution in [0.25, 0.3) is 0 Å². The third-order valence-corrected chi connectivity index (χ3v) is 5.78. The van der Waals surface area contributed by atoms with Gasteiger partial charge < -0.3 is 30.3 Å². The molecule has 0 aliphatic heterocycles. The van der Waals surface area contributed by atoms with Crippen LogP contribution in [0.5, 0.6) is 0 Å². The first kappa shape index (κ1) is 39.2. The van der Waals surface area contributed by atoms with Crippen molar-refractivity contribution in [2.75, 3.05) is 26.9 Å². The van der Waals surface area contributed by atoms with Crippen LogP contribution < -0.4 is 10.6 Å². The summed E-state index contributed by atoms with van der Waals surface area (Å²) in [6.07, 6.45) is 28.8. The van der Waals surface area contributed by atoms with Crippen LogP contribution >= 0.6 is 0 Å². The molecule has 0 aromatic heterocycles. The molecule has 240 valence electrons. The highest BCUT2D eigenvalue weighted by Crippen LogP contribution is 2.06. The van der Waals surface area contributed by atoms with Crippen molar-refractivity contribution in [1.29, 1.82) is 0 Å². The molecule has 0 bridgehead atoms. The monoisotopic (exact) mass is 602 g/mol. The third kappa shape index (κ3) is 24.5. The van der Waals surface area contributed by atoms with Gasteiger partial charge in [-0.3, -0.25) is 9.59 Å². The highest BCUT2D eigenvalue weighted by Gasteiger charge is 2.24. The number of nitrogens with one attached hydrogen (secondary N) is 2. The van der Waals surface area contributed by atoms with Gasteiger partial charge >= 0.3 is 11.9 Å². The lowest BCUT2D eigenvalue weighted by molar-refractivity contribution is -0.157. The topological polar surface area (TPSA) is 151 Å². The Morgan fingerprint density at radius 2 is 1.33 bits per heavy atom. The predicted molar refractivity (Wildman–Crippen MR) is 168 cm³/mol. The van der Waals surface area contributed by atoms with Crippen LogP contribution in [0.3, 0.4) is 0 Å². The van der Waals surface area contributed by atoms with E-state index in [2.05, 4.69) is 70.9 Å². The second-order valence-electron chi connectivity index (χ2n) is 9.43. The molecule has 0 aliphatic rings. The lowest BCUT2D eigenvalue weighted by Gasteiger charge is -2.20. The highest BCUT2D eigenvalue weighted by atomic mass is 16.6. The summed E-state index contributed by atoms with van der Waals surface area (Å²) in [6.45, 7) is 1.19. The third-order valence-electron chi connectivity index (χ3n) is 5.78. The molecule has 2 amide bonds. The number of carbonyl (C=O) groups is 4. The maximum Gasteiger partial charge on any atom is 0.330 e. The Labute approximate surface area is 256 Å². The zero-order valence-electron chi connectivity index (χ0n) is 25.6. The van der Waals surface area contributed by atoms with E-state index in [1.807, 2.05) is 12.2 Å². The number of aliphatic hydroxyl groups is 2. The summed E-state index contributed by atoms with van der Waals surface area (Å²) in [7, 11) is 1.20. The Morgan fingerprint density at radius 3 is 1.86 bits per heavy atom. The SMILES string of the molecule is CC/C=C\C/C=C\C/C=C\C/C=C\C/C=C\CCCC(=O)N[C@@H](CCCNC(=O)/C=C/C(=O)OC)C(=O)OC(CO)CO. The normalized spacial score (nSPS) is 12.9. The van der Waals surface area contributed by atoms with Crippen LogP contribution in [0.4, 0.5) is 0 Å². The van der Waals surface area contributed by atoms with Gasteiger partial charge in [0, 0.05) is 25.1 Å². The molecule has 0 fully saturated rings. The smallest absolute Gasteiger partial charge is 0.330 e. The number of carbonyl (C=O) groups excluding carboxylic acids is 4. The molecule has 0 aromatic carbocycles. The van der Waals surface area contributed by atoms with Gasteiger partial charge in [0.15, 0.2) is 0 Å². The van der Waals surface area contributed by atoms with Gasteiger partial charge in [0.1, 0.15) is 12.1 Å². The van der Waals surface area contributed by atoms with Gasteiger partial charge in [-0.1, -0.05) is 67.7 Å². The van der Waals surface area contributed by atoms with Crippen LogP contribution in [-0.2, 0) is 28.7 Å². The summed E-state index contributed by atoms with van der Waals surface area (Å²) in [5, 5.41) is 23.6. The number of ether oxygens (including phenoxy) is 2. The van der Waals surface area contributed by atoms with Crippen molar-refractivity contribution in [2.45, 2.75) is 83.3 Å². The first-order chi connectivity index (χ1) is 20.9. The number of hydrogen-bond donors (Lipinski definition) is 4. The van der Waals surface area contributed by atoms with E-state index in [0.717, 1.165) is 44.3 Å². The molecule has 0 saturated heterocycles. The van der Waals surface area contributed by atoms with Crippen molar-refractivity contribution >= 4 is 23.8 Å². The van der Waals surface area contributed by atoms with Crippen molar-refractivity contribution in [2.24, 2.45) is 0 Å². The lowest BCUT2D eigenvalue weighted by Crippen LogP contribution is -2.44. The van der Waals surface area contributed by atoms with Crippen molar-refractivity contribution in [3.63, 3.8) is 0 Å². The molecule has 10 heteroatoms. The minimum atomic E-state index is -1.09. The Hall–Kier alpha value is -3.76. The predicted octanol–water partition coefficient (Wildman–Crippen LogP) is 3.91. The number of rotatable bonds is 24. The zero-order chi connectivity index (χ0) is 32.0. The maximum absolute atomic E-state index is 12.5. The zero-order valence-corrected chi connectivity index (χ0v) is 25.6. The second kappa shape index (κ2) is 28.4. The van der Waals surface area contributed by atoms with Crippen LogP contribution in [0.1, 0.15) is 71.1 Å². The number of esters is 2. The molecule has 0 saturated carbocycles. The van der Waals surface area contributed by atoms with E-state index in [0.29, 0.717) is 19.3 Å². The number of unbranched alkanes of at least 4 members (excludes halogenated alkanes) is 1. The Kier molecular flexibility index (Phi) is 25.9. The highest BCUT2D eigenvalue weighted by molar-refractivity contribution is 5.94.